The van der Waals surface area contributed by atoms with Crippen LogP contribution in [0.5, 0.6) is 0 Å². The molecule has 3 aromatic heterocycles. The number of hydrogen-bond acceptors (Lipinski definition) is 6. The van der Waals surface area contributed by atoms with E-state index in [1.54, 1.807) is 17.5 Å². The van der Waals surface area contributed by atoms with E-state index in [0.717, 1.165) is 54.6 Å². The Kier molecular flexibility index (Phi) is 5.13. The molecule has 0 aliphatic carbocycles. The molecule has 5 nitrogen and oxygen atoms in total. The highest BCUT2D eigenvalue weighted by atomic mass is 32.1. The zero-order valence-corrected chi connectivity index (χ0v) is 16.3. The molecule has 0 saturated carbocycles. The maximum atomic E-state index is 4.98. The van der Waals surface area contributed by atoms with E-state index < -0.39 is 0 Å². The summed E-state index contributed by atoms with van der Waals surface area (Å²) < 4.78 is 0. The van der Waals surface area contributed by atoms with Crippen molar-refractivity contribution >= 4 is 27.4 Å². The Balaban J connectivity index is 1.73. The average molecular weight is 368 g/mol. The molecule has 0 unspecified atom stereocenters. The van der Waals surface area contributed by atoms with E-state index >= 15 is 0 Å². The first-order chi connectivity index (χ1) is 12.8. The first-order valence-corrected chi connectivity index (χ1v) is 10.3. The van der Waals surface area contributed by atoms with Gasteiger partial charge in [-0.25, -0.2) is 9.97 Å². The fourth-order valence-corrected chi connectivity index (χ4v) is 4.46. The van der Waals surface area contributed by atoms with E-state index in [2.05, 4.69) is 34.7 Å². The molecule has 0 N–H and O–H groups in total. The van der Waals surface area contributed by atoms with Crippen molar-refractivity contribution in [3.05, 3.63) is 35.5 Å². The van der Waals surface area contributed by atoms with Gasteiger partial charge in [-0.05, 0) is 37.6 Å². The van der Waals surface area contributed by atoms with Crippen molar-refractivity contribution in [1.29, 1.82) is 0 Å². The van der Waals surface area contributed by atoms with Gasteiger partial charge in [-0.3, -0.25) is 9.88 Å². The lowest BCUT2D eigenvalue weighted by Gasteiger charge is -2.35. The zero-order chi connectivity index (χ0) is 17.9. The molecule has 0 amide bonds. The summed E-state index contributed by atoms with van der Waals surface area (Å²) in [6, 6.07) is 6.25. The Morgan fingerprint density at radius 2 is 1.96 bits per heavy atom. The SMILES string of the molecule is CCCN1CCN(c2nc(-c3cccnc3)nc3sc(CC)cc23)CC1. The zero-order valence-electron chi connectivity index (χ0n) is 15.5. The predicted octanol–water partition coefficient (Wildman–Crippen LogP) is 3.85. The highest BCUT2D eigenvalue weighted by Gasteiger charge is 2.22. The summed E-state index contributed by atoms with van der Waals surface area (Å²) in [5, 5.41) is 1.20. The second-order valence-corrected chi connectivity index (χ2v) is 7.84. The Hall–Kier alpha value is -2.05. The van der Waals surface area contributed by atoms with Crippen LogP contribution in [0.2, 0.25) is 0 Å². The number of nitrogens with zero attached hydrogens (tertiary/aromatic N) is 5. The van der Waals surface area contributed by atoms with Crippen molar-refractivity contribution in [2.45, 2.75) is 26.7 Å². The molecule has 0 radical (unpaired) electrons. The second kappa shape index (κ2) is 7.68. The number of pyridine rings is 1. The maximum absolute atomic E-state index is 4.98. The molecule has 4 heterocycles. The number of piperazine rings is 1. The topological polar surface area (TPSA) is 45.2 Å². The molecule has 26 heavy (non-hydrogen) atoms. The van der Waals surface area contributed by atoms with Crippen LogP contribution in [0.1, 0.15) is 25.1 Å². The van der Waals surface area contributed by atoms with Crippen LogP contribution in [-0.4, -0.2) is 52.6 Å². The van der Waals surface area contributed by atoms with Gasteiger partial charge < -0.3 is 4.90 Å². The third-order valence-electron chi connectivity index (χ3n) is 4.90. The molecule has 6 heteroatoms. The van der Waals surface area contributed by atoms with E-state index in [-0.39, 0.29) is 0 Å². The Labute approximate surface area is 158 Å². The van der Waals surface area contributed by atoms with Gasteiger partial charge in [-0.1, -0.05) is 13.8 Å². The number of fused-ring (bicyclic) bond motifs is 1. The Bertz CT molecular complexity index is 869. The molecule has 0 bridgehead atoms. The van der Waals surface area contributed by atoms with Gasteiger partial charge in [0.25, 0.3) is 0 Å². The molecule has 0 aromatic carbocycles. The smallest absolute Gasteiger partial charge is 0.164 e. The van der Waals surface area contributed by atoms with Gasteiger partial charge in [0.05, 0.1) is 5.39 Å². The molecular weight excluding hydrogens is 342 g/mol. The molecule has 0 atom stereocenters. The fraction of sp³-hybridized carbons (Fsp3) is 0.450. The van der Waals surface area contributed by atoms with Gasteiger partial charge in [0.15, 0.2) is 5.82 Å². The highest BCUT2D eigenvalue weighted by molar-refractivity contribution is 7.18. The molecule has 3 aromatic rings. The molecule has 1 fully saturated rings. The lowest BCUT2D eigenvalue weighted by molar-refractivity contribution is 0.258. The third kappa shape index (κ3) is 3.44. The Morgan fingerprint density at radius 1 is 1.12 bits per heavy atom. The molecule has 0 spiro atoms. The van der Waals surface area contributed by atoms with Crippen LogP contribution < -0.4 is 4.90 Å². The van der Waals surface area contributed by atoms with Crippen molar-refractivity contribution in [3.63, 3.8) is 0 Å². The summed E-state index contributed by atoms with van der Waals surface area (Å²) in [5.41, 5.74) is 0.978. The molecule has 1 saturated heterocycles. The van der Waals surface area contributed by atoms with E-state index in [0.29, 0.717) is 0 Å². The standard InChI is InChI=1S/C20H25N5S/c1-3-8-24-9-11-25(12-10-24)19-17-13-16(4-2)26-20(17)23-18(22-19)15-6-5-7-21-14-15/h5-7,13-14H,3-4,8-12H2,1-2H3. The summed E-state index contributed by atoms with van der Waals surface area (Å²) in [6.45, 7) is 9.89. The minimum absolute atomic E-state index is 0.779. The summed E-state index contributed by atoms with van der Waals surface area (Å²) >= 11 is 1.78. The normalized spacial score (nSPS) is 15.7. The maximum Gasteiger partial charge on any atom is 0.164 e. The number of hydrogen-bond donors (Lipinski definition) is 0. The summed E-state index contributed by atoms with van der Waals surface area (Å²) in [5.74, 6) is 1.86. The first kappa shape index (κ1) is 17.4. The molecule has 136 valence electrons. The third-order valence-corrected chi connectivity index (χ3v) is 6.08. The lowest BCUT2D eigenvalue weighted by Crippen LogP contribution is -2.46. The first-order valence-electron chi connectivity index (χ1n) is 9.46. The molecular formula is C20H25N5S. The van der Waals surface area contributed by atoms with Crippen LogP contribution in [0.3, 0.4) is 0 Å². The number of rotatable bonds is 5. The highest BCUT2D eigenvalue weighted by Crippen LogP contribution is 2.33. The van der Waals surface area contributed by atoms with Crippen molar-refractivity contribution in [2.75, 3.05) is 37.6 Å². The number of anilines is 1. The van der Waals surface area contributed by atoms with Gasteiger partial charge in [-0.2, -0.15) is 0 Å². The number of thiophene rings is 1. The second-order valence-electron chi connectivity index (χ2n) is 6.73. The summed E-state index contributed by atoms with van der Waals surface area (Å²) in [6.07, 6.45) is 5.88. The molecule has 1 aliphatic rings. The number of aromatic nitrogens is 3. The molecule has 4 rings (SSSR count). The van der Waals surface area contributed by atoms with Crippen molar-refractivity contribution in [3.8, 4) is 11.4 Å². The largest absolute Gasteiger partial charge is 0.353 e. The monoisotopic (exact) mass is 367 g/mol. The van der Waals surface area contributed by atoms with E-state index in [1.165, 1.54) is 23.2 Å². The Morgan fingerprint density at radius 3 is 2.65 bits per heavy atom. The van der Waals surface area contributed by atoms with Gasteiger partial charge >= 0.3 is 0 Å². The fourth-order valence-electron chi connectivity index (χ4n) is 3.50. The van der Waals surface area contributed by atoms with E-state index in [1.807, 2.05) is 18.3 Å². The minimum atomic E-state index is 0.779. The summed E-state index contributed by atoms with van der Waals surface area (Å²) in [4.78, 5) is 21.5. The van der Waals surface area contributed by atoms with Crippen molar-refractivity contribution in [2.24, 2.45) is 0 Å². The van der Waals surface area contributed by atoms with Gasteiger partial charge in [-0.15, -0.1) is 11.3 Å². The summed E-state index contributed by atoms with van der Waals surface area (Å²) in [7, 11) is 0. The van der Waals surface area contributed by atoms with E-state index in [9.17, 15) is 0 Å². The quantitative estimate of drug-likeness (QED) is 0.685. The predicted molar refractivity (Wildman–Crippen MR) is 109 cm³/mol. The van der Waals surface area contributed by atoms with Gasteiger partial charge in [0.2, 0.25) is 0 Å². The van der Waals surface area contributed by atoms with Crippen molar-refractivity contribution < 1.29 is 0 Å². The van der Waals surface area contributed by atoms with Crippen LogP contribution in [-0.2, 0) is 6.42 Å². The average Bonchev–Trinajstić information content (AvgIpc) is 3.12. The van der Waals surface area contributed by atoms with Crippen LogP contribution in [0.25, 0.3) is 21.6 Å². The molecule has 1 aliphatic heterocycles. The minimum Gasteiger partial charge on any atom is -0.353 e. The van der Waals surface area contributed by atoms with Crippen LogP contribution in [0.15, 0.2) is 30.6 Å². The van der Waals surface area contributed by atoms with Gasteiger partial charge in [0, 0.05) is 49.0 Å². The van der Waals surface area contributed by atoms with E-state index in [4.69, 9.17) is 9.97 Å². The number of aryl methyl sites for hydroxylation is 1. The van der Waals surface area contributed by atoms with Crippen LogP contribution in [0, 0.1) is 0 Å². The van der Waals surface area contributed by atoms with Crippen molar-refractivity contribution in [1.82, 2.24) is 19.9 Å². The van der Waals surface area contributed by atoms with Gasteiger partial charge in [0.1, 0.15) is 10.6 Å². The van der Waals surface area contributed by atoms with Crippen LogP contribution >= 0.6 is 11.3 Å². The lowest BCUT2D eigenvalue weighted by atomic mass is 10.2. The van der Waals surface area contributed by atoms with Crippen LogP contribution in [0.4, 0.5) is 5.82 Å².